The first kappa shape index (κ1) is 20.7. The van der Waals surface area contributed by atoms with E-state index in [1.165, 1.54) is 38.5 Å². The first-order valence-electron chi connectivity index (χ1n) is 12.7. The van der Waals surface area contributed by atoms with Gasteiger partial charge in [0, 0.05) is 32.6 Å². The molecule has 0 N–H and O–H groups in total. The van der Waals surface area contributed by atoms with Crippen molar-refractivity contribution in [3.05, 3.63) is 108 Å². The number of nitrogens with zero attached hydrogens (tertiary/aromatic N) is 1. The smallest absolute Gasteiger partial charge is 0.160 e. The van der Waals surface area contributed by atoms with Crippen molar-refractivity contribution in [2.45, 2.75) is 19.3 Å². The highest BCUT2D eigenvalue weighted by Crippen LogP contribution is 2.53. The molecular formula is C34H25NO2. The van der Waals surface area contributed by atoms with Gasteiger partial charge in [0.05, 0.1) is 18.1 Å². The van der Waals surface area contributed by atoms with E-state index in [0.717, 1.165) is 38.9 Å². The van der Waals surface area contributed by atoms with Gasteiger partial charge < -0.3 is 13.7 Å². The maximum atomic E-state index is 6.59. The molecular weight excluding hydrogens is 454 g/mol. The third-order valence-electron chi connectivity index (χ3n) is 8.31. The molecule has 8 rings (SSSR count). The molecule has 2 heterocycles. The molecule has 0 bridgehead atoms. The Labute approximate surface area is 214 Å². The van der Waals surface area contributed by atoms with E-state index in [0.29, 0.717) is 0 Å². The average Bonchev–Trinajstić information content (AvgIpc) is 3.55. The largest absolute Gasteiger partial charge is 0.497 e. The van der Waals surface area contributed by atoms with E-state index in [1.54, 1.807) is 7.11 Å². The maximum absolute atomic E-state index is 6.59. The van der Waals surface area contributed by atoms with Crippen LogP contribution in [0.25, 0.3) is 60.6 Å². The van der Waals surface area contributed by atoms with E-state index in [2.05, 4.69) is 97.3 Å². The molecule has 0 radical (unpaired) electrons. The third-order valence-corrected chi connectivity index (χ3v) is 8.31. The summed E-state index contributed by atoms with van der Waals surface area (Å²) in [7, 11) is 1.70. The van der Waals surface area contributed by atoms with E-state index in [4.69, 9.17) is 9.15 Å². The van der Waals surface area contributed by atoms with Crippen LogP contribution in [0.15, 0.2) is 101 Å². The zero-order valence-corrected chi connectivity index (χ0v) is 21.0. The van der Waals surface area contributed by atoms with Crippen molar-refractivity contribution in [1.29, 1.82) is 0 Å². The predicted octanol–water partition coefficient (Wildman–Crippen LogP) is 9.00. The Kier molecular flexibility index (Phi) is 3.93. The second kappa shape index (κ2) is 7.04. The number of rotatable bonds is 2. The molecule has 0 fully saturated rings. The summed E-state index contributed by atoms with van der Waals surface area (Å²) in [6.45, 7) is 4.67. The molecule has 3 nitrogen and oxygen atoms in total. The van der Waals surface area contributed by atoms with E-state index < -0.39 is 0 Å². The van der Waals surface area contributed by atoms with Gasteiger partial charge in [-0.2, -0.15) is 0 Å². The van der Waals surface area contributed by atoms with Gasteiger partial charge in [-0.05, 0) is 64.7 Å². The number of ether oxygens (including phenoxy) is 1. The molecule has 2 aromatic heterocycles. The summed E-state index contributed by atoms with van der Waals surface area (Å²) in [5, 5.41) is 4.77. The number of aromatic nitrogens is 1. The van der Waals surface area contributed by atoms with Gasteiger partial charge in [-0.1, -0.05) is 68.4 Å². The lowest BCUT2D eigenvalue weighted by Gasteiger charge is -2.21. The average molecular weight is 480 g/mol. The van der Waals surface area contributed by atoms with Crippen LogP contribution in [0.2, 0.25) is 0 Å². The summed E-state index contributed by atoms with van der Waals surface area (Å²) in [6, 6.07) is 34.6. The van der Waals surface area contributed by atoms with Crippen LogP contribution >= 0.6 is 0 Å². The van der Waals surface area contributed by atoms with Crippen LogP contribution in [-0.2, 0) is 5.41 Å². The number of fused-ring (bicyclic) bond motifs is 11. The van der Waals surface area contributed by atoms with Gasteiger partial charge in [-0.15, -0.1) is 0 Å². The van der Waals surface area contributed by atoms with Crippen molar-refractivity contribution in [3.63, 3.8) is 0 Å². The Hall–Kier alpha value is -4.50. The van der Waals surface area contributed by atoms with Crippen molar-refractivity contribution >= 4 is 43.7 Å². The molecule has 3 heteroatoms. The minimum absolute atomic E-state index is 0.0574. The Morgan fingerprint density at radius 3 is 2.30 bits per heavy atom. The van der Waals surface area contributed by atoms with E-state index in [9.17, 15) is 0 Å². The quantitative estimate of drug-likeness (QED) is 0.247. The Morgan fingerprint density at radius 1 is 0.703 bits per heavy atom. The van der Waals surface area contributed by atoms with Crippen LogP contribution in [0.1, 0.15) is 25.0 Å². The highest BCUT2D eigenvalue weighted by molar-refractivity contribution is 6.25. The van der Waals surface area contributed by atoms with E-state index >= 15 is 0 Å². The van der Waals surface area contributed by atoms with Crippen molar-refractivity contribution in [1.82, 2.24) is 4.57 Å². The molecule has 5 aromatic carbocycles. The van der Waals surface area contributed by atoms with Gasteiger partial charge in [-0.25, -0.2) is 0 Å². The molecule has 1 aliphatic carbocycles. The predicted molar refractivity (Wildman–Crippen MR) is 152 cm³/mol. The minimum Gasteiger partial charge on any atom is -0.497 e. The summed E-state index contributed by atoms with van der Waals surface area (Å²) >= 11 is 0. The Bertz CT molecular complexity index is 2040. The first-order chi connectivity index (χ1) is 18.1. The van der Waals surface area contributed by atoms with Crippen molar-refractivity contribution in [2.75, 3.05) is 7.11 Å². The molecule has 1 aliphatic rings. The SMILES string of the molecule is COc1ccc(-n2c3ccc4c(c3c3ccc5c6ccccc6oc5c32)-c2ccccc2C4(C)C)cc1. The molecule has 0 saturated carbocycles. The molecule has 0 spiro atoms. The number of methoxy groups -OCH3 is 1. The topological polar surface area (TPSA) is 27.3 Å². The first-order valence-corrected chi connectivity index (χ1v) is 12.7. The van der Waals surface area contributed by atoms with Crippen LogP contribution in [0.5, 0.6) is 5.75 Å². The second-order valence-corrected chi connectivity index (χ2v) is 10.5. The van der Waals surface area contributed by atoms with Crippen LogP contribution in [-0.4, -0.2) is 11.7 Å². The zero-order chi connectivity index (χ0) is 24.9. The van der Waals surface area contributed by atoms with Gasteiger partial charge in [-0.3, -0.25) is 0 Å². The van der Waals surface area contributed by atoms with Crippen LogP contribution in [0, 0.1) is 0 Å². The zero-order valence-electron chi connectivity index (χ0n) is 21.0. The minimum atomic E-state index is -0.0574. The summed E-state index contributed by atoms with van der Waals surface area (Å²) < 4.78 is 14.4. The number of para-hydroxylation sites is 1. The molecule has 7 aromatic rings. The van der Waals surface area contributed by atoms with Gasteiger partial charge >= 0.3 is 0 Å². The van der Waals surface area contributed by atoms with Crippen LogP contribution in [0.4, 0.5) is 0 Å². The van der Waals surface area contributed by atoms with Crippen LogP contribution in [0.3, 0.4) is 0 Å². The van der Waals surface area contributed by atoms with E-state index in [1.807, 2.05) is 18.2 Å². The summed E-state index contributed by atoms with van der Waals surface area (Å²) in [5.74, 6) is 0.843. The second-order valence-electron chi connectivity index (χ2n) is 10.5. The van der Waals surface area contributed by atoms with Gasteiger partial charge in [0.15, 0.2) is 5.58 Å². The fourth-order valence-corrected chi connectivity index (χ4v) is 6.56. The Balaban J connectivity index is 1.61. The van der Waals surface area contributed by atoms with Crippen molar-refractivity contribution in [2.24, 2.45) is 0 Å². The number of hydrogen-bond donors (Lipinski definition) is 0. The third kappa shape index (κ3) is 2.56. The maximum Gasteiger partial charge on any atom is 0.160 e. The van der Waals surface area contributed by atoms with E-state index in [-0.39, 0.29) is 5.41 Å². The van der Waals surface area contributed by atoms with Crippen molar-refractivity contribution < 1.29 is 9.15 Å². The number of hydrogen-bond acceptors (Lipinski definition) is 2. The van der Waals surface area contributed by atoms with Gasteiger partial charge in [0.25, 0.3) is 0 Å². The standard InChI is InChI=1S/C34H25NO2/c1-34(2)26-10-6-4-9-24(26)30-27(34)18-19-28-31(30)25-17-16-23-22-8-5-7-11-29(22)37-33(23)32(25)35(28)20-12-14-21(36-3)15-13-20/h4-19H,1-3H3. The molecule has 0 amide bonds. The van der Waals surface area contributed by atoms with Gasteiger partial charge in [0.2, 0.25) is 0 Å². The highest BCUT2D eigenvalue weighted by Gasteiger charge is 2.37. The lowest BCUT2D eigenvalue weighted by atomic mass is 9.82. The fraction of sp³-hybridized carbons (Fsp3) is 0.118. The number of furan rings is 1. The Morgan fingerprint density at radius 2 is 1.46 bits per heavy atom. The lowest BCUT2D eigenvalue weighted by molar-refractivity contribution is 0.415. The van der Waals surface area contributed by atoms with Crippen molar-refractivity contribution in [3.8, 4) is 22.6 Å². The normalized spacial score (nSPS) is 14.0. The molecule has 37 heavy (non-hydrogen) atoms. The summed E-state index contributed by atoms with van der Waals surface area (Å²) in [4.78, 5) is 0. The van der Waals surface area contributed by atoms with Crippen LogP contribution < -0.4 is 4.74 Å². The highest BCUT2D eigenvalue weighted by atomic mass is 16.5. The summed E-state index contributed by atoms with van der Waals surface area (Å²) in [5.41, 5.74) is 10.6. The molecule has 0 unspecified atom stereocenters. The molecule has 178 valence electrons. The molecule has 0 saturated heterocycles. The summed E-state index contributed by atoms with van der Waals surface area (Å²) in [6.07, 6.45) is 0. The monoisotopic (exact) mass is 479 g/mol. The van der Waals surface area contributed by atoms with Gasteiger partial charge in [0.1, 0.15) is 11.3 Å². The lowest BCUT2D eigenvalue weighted by Crippen LogP contribution is -2.14. The number of benzene rings is 5. The molecule has 0 aliphatic heterocycles. The fourth-order valence-electron chi connectivity index (χ4n) is 6.56. The molecule has 0 atom stereocenters.